The molecule has 8 nitrogen and oxygen atoms in total. The fourth-order valence-corrected chi connectivity index (χ4v) is 3.93. The molecule has 2 aromatic carbocycles. The van der Waals surface area contributed by atoms with Crippen LogP contribution in [0.4, 0.5) is 5.69 Å². The maximum atomic E-state index is 12.9. The first kappa shape index (κ1) is 22.7. The zero-order valence-electron chi connectivity index (χ0n) is 18.8. The first-order valence-corrected chi connectivity index (χ1v) is 11.4. The molecule has 33 heavy (non-hydrogen) atoms. The molecule has 0 radical (unpaired) electrons. The molecule has 1 aromatic heterocycles. The van der Waals surface area contributed by atoms with E-state index in [0.29, 0.717) is 36.1 Å². The Bertz CT molecular complexity index is 1070. The van der Waals surface area contributed by atoms with Crippen LogP contribution in [0.3, 0.4) is 0 Å². The van der Waals surface area contributed by atoms with Gasteiger partial charge in [0.25, 0.3) is 5.91 Å². The first-order valence-electron chi connectivity index (χ1n) is 11.4. The Morgan fingerprint density at radius 3 is 2.55 bits per heavy atom. The molecule has 4 rings (SSSR count). The summed E-state index contributed by atoms with van der Waals surface area (Å²) in [5, 5.41) is 9.90. The molecular weight excluding hydrogens is 418 g/mol. The van der Waals surface area contributed by atoms with Crippen molar-refractivity contribution in [3.63, 3.8) is 0 Å². The maximum absolute atomic E-state index is 12.9. The van der Waals surface area contributed by atoms with E-state index in [2.05, 4.69) is 25.7 Å². The normalized spacial score (nSPS) is 14.7. The molecule has 1 aliphatic rings. The number of nitrogens with one attached hydrogen (secondary N) is 2. The molecule has 1 fully saturated rings. The fraction of sp³-hybridized carbons (Fsp3) is 0.360. The van der Waals surface area contributed by atoms with E-state index in [1.807, 2.05) is 43.3 Å². The summed E-state index contributed by atoms with van der Waals surface area (Å²) in [5.74, 6) is 0.840. The van der Waals surface area contributed by atoms with Gasteiger partial charge in [0.2, 0.25) is 17.6 Å². The van der Waals surface area contributed by atoms with E-state index >= 15 is 0 Å². The first-order chi connectivity index (χ1) is 16.1. The highest BCUT2D eigenvalue weighted by molar-refractivity contribution is 6.04. The minimum absolute atomic E-state index is 0.0467. The Morgan fingerprint density at radius 1 is 1.06 bits per heavy atom. The smallest absolute Gasteiger partial charge is 0.253 e. The van der Waals surface area contributed by atoms with Crippen molar-refractivity contribution in [2.24, 2.45) is 5.92 Å². The number of para-hydroxylation sites is 1. The lowest BCUT2D eigenvalue weighted by Crippen LogP contribution is -2.38. The van der Waals surface area contributed by atoms with E-state index in [4.69, 9.17) is 4.52 Å². The molecular formula is C25H29N5O3. The van der Waals surface area contributed by atoms with E-state index in [9.17, 15) is 9.59 Å². The summed E-state index contributed by atoms with van der Waals surface area (Å²) < 4.78 is 5.42. The molecule has 2 amide bonds. The van der Waals surface area contributed by atoms with Crippen molar-refractivity contribution < 1.29 is 14.1 Å². The van der Waals surface area contributed by atoms with Crippen LogP contribution in [-0.2, 0) is 11.3 Å². The van der Waals surface area contributed by atoms with Crippen molar-refractivity contribution in [2.45, 2.75) is 32.7 Å². The largest absolute Gasteiger partial charge is 0.352 e. The van der Waals surface area contributed by atoms with Gasteiger partial charge < -0.3 is 15.2 Å². The molecule has 0 spiro atoms. The van der Waals surface area contributed by atoms with E-state index < -0.39 is 0 Å². The van der Waals surface area contributed by atoms with Crippen LogP contribution in [0.1, 0.15) is 42.4 Å². The van der Waals surface area contributed by atoms with Gasteiger partial charge >= 0.3 is 0 Å². The van der Waals surface area contributed by atoms with Gasteiger partial charge in [-0.1, -0.05) is 54.5 Å². The van der Waals surface area contributed by atoms with E-state index in [1.165, 1.54) is 0 Å². The number of aromatic nitrogens is 2. The molecule has 0 aliphatic carbocycles. The number of likely N-dealkylation sites (tertiary alicyclic amines) is 1. The highest BCUT2D eigenvalue weighted by atomic mass is 16.5. The number of piperidine rings is 1. The Hall–Kier alpha value is -3.52. The van der Waals surface area contributed by atoms with Crippen molar-refractivity contribution >= 4 is 17.5 Å². The predicted octanol–water partition coefficient (Wildman–Crippen LogP) is 3.73. The van der Waals surface area contributed by atoms with Crippen molar-refractivity contribution in [2.75, 3.05) is 25.0 Å². The number of benzene rings is 2. The van der Waals surface area contributed by atoms with Crippen LogP contribution in [0.5, 0.6) is 0 Å². The number of hydrogen-bond donors (Lipinski definition) is 2. The van der Waals surface area contributed by atoms with E-state index in [0.717, 1.165) is 37.9 Å². The SMILES string of the molecule is CCCNC(=O)c1ccccc1NC(=O)C1CCN(Cc2nc(-c3ccccc3)no2)CC1. The molecule has 0 unspecified atom stereocenters. The Labute approximate surface area is 193 Å². The quantitative estimate of drug-likeness (QED) is 0.546. The van der Waals surface area contributed by atoms with Gasteiger partial charge in [0.1, 0.15) is 0 Å². The highest BCUT2D eigenvalue weighted by Crippen LogP contribution is 2.23. The third kappa shape index (κ3) is 5.84. The van der Waals surface area contributed by atoms with Crippen LogP contribution in [0.15, 0.2) is 59.1 Å². The fourth-order valence-electron chi connectivity index (χ4n) is 3.93. The number of hydrogen-bond acceptors (Lipinski definition) is 6. The molecule has 2 heterocycles. The van der Waals surface area contributed by atoms with Gasteiger partial charge in [0, 0.05) is 18.0 Å². The number of carbonyl (C=O) groups excluding carboxylic acids is 2. The minimum Gasteiger partial charge on any atom is -0.352 e. The van der Waals surface area contributed by atoms with Gasteiger partial charge in [-0.2, -0.15) is 4.98 Å². The number of amides is 2. The minimum atomic E-state index is -0.169. The lowest BCUT2D eigenvalue weighted by atomic mass is 9.95. The van der Waals surface area contributed by atoms with Crippen LogP contribution in [0.2, 0.25) is 0 Å². The van der Waals surface area contributed by atoms with E-state index in [1.54, 1.807) is 18.2 Å². The lowest BCUT2D eigenvalue weighted by Gasteiger charge is -2.30. The average molecular weight is 448 g/mol. The number of carbonyl (C=O) groups is 2. The summed E-state index contributed by atoms with van der Waals surface area (Å²) in [7, 11) is 0. The third-order valence-electron chi connectivity index (χ3n) is 5.78. The van der Waals surface area contributed by atoms with Gasteiger partial charge in [0.15, 0.2) is 0 Å². The molecule has 172 valence electrons. The van der Waals surface area contributed by atoms with Gasteiger partial charge in [-0.05, 0) is 44.5 Å². The van der Waals surface area contributed by atoms with Crippen molar-refractivity contribution in [3.05, 3.63) is 66.1 Å². The number of anilines is 1. The zero-order chi connectivity index (χ0) is 23.0. The molecule has 8 heteroatoms. The Balaban J connectivity index is 1.29. The van der Waals surface area contributed by atoms with E-state index in [-0.39, 0.29) is 17.7 Å². The third-order valence-corrected chi connectivity index (χ3v) is 5.78. The van der Waals surface area contributed by atoms with Gasteiger partial charge in [0.05, 0.1) is 17.8 Å². The molecule has 0 bridgehead atoms. The molecule has 1 aliphatic heterocycles. The van der Waals surface area contributed by atoms with Crippen molar-refractivity contribution in [3.8, 4) is 11.4 Å². The van der Waals surface area contributed by atoms with Crippen LogP contribution in [0.25, 0.3) is 11.4 Å². The monoisotopic (exact) mass is 447 g/mol. The summed E-state index contributed by atoms with van der Waals surface area (Å²) in [6, 6.07) is 16.9. The molecule has 0 saturated carbocycles. The summed E-state index contributed by atoms with van der Waals surface area (Å²) in [6.07, 6.45) is 2.32. The Kier molecular flexibility index (Phi) is 7.47. The van der Waals surface area contributed by atoms with Crippen LogP contribution in [-0.4, -0.2) is 46.5 Å². The standard InChI is InChI=1S/C25H29N5O3/c1-2-14-26-25(32)20-10-6-7-11-21(20)27-24(31)19-12-15-30(16-13-19)17-22-28-23(29-33-22)18-8-4-3-5-9-18/h3-11,19H,2,12-17H2,1H3,(H,26,32)(H,27,31). The lowest BCUT2D eigenvalue weighted by molar-refractivity contribution is -0.121. The second-order valence-corrected chi connectivity index (χ2v) is 8.22. The average Bonchev–Trinajstić information content (AvgIpc) is 3.32. The summed E-state index contributed by atoms with van der Waals surface area (Å²) >= 11 is 0. The predicted molar refractivity (Wildman–Crippen MR) is 125 cm³/mol. The van der Waals surface area contributed by atoms with Gasteiger partial charge in [-0.25, -0.2) is 0 Å². The zero-order valence-corrected chi connectivity index (χ0v) is 18.8. The number of nitrogens with zero attached hydrogens (tertiary/aromatic N) is 3. The number of rotatable bonds is 8. The summed E-state index contributed by atoms with van der Waals surface area (Å²) in [4.78, 5) is 32.0. The van der Waals surface area contributed by atoms with Crippen LogP contribution < -0.4 is 10.6 Å². The van der Waals surface area contributed by atoms with Crippen molar-refractivity contribution in [1.82, 2.24) is 20.4 Å². The maximum Gasteiger partial charge on any atom is 0.253 e. The highest BCUT2D eigenvalue weighted by Gasteiger charge is 2.27. The topological polar surface area (TPSA) is 100 Å². The van der Waals surface area contributed by atoms with Crippen molar-refractivity contribution in [1.29, 1.82) is 0 Å². The molecule has 3 aromatic rings. The molecule has 0 atom stereocenters. The molecule has 1 saturated heterocycles. The summed E-state index contributed by atoms with van der Waals surface area (Å²) in [6.45, 7) is 4.70. The van der Waals surface area contributed by atoms with Crippen LogP contribution >= 0.6 is 0 Å². The molecule has 2 N–H and O–H groups in total. The van der Waals surface area contributed by atoms with Gasteiger partial charge in [-0.3, -0.25) is 14.5 Å². The summed E-state index contributed by atoms with van der Waals surface area (Å²) in [5.41, 5.74) is 1.96. The Morgan fingerprint density at radius 2 is 1.79 bits per heavy atom. The second kappa shape index (κ2) is 10.9. The second-order valence-electron chi connectivity index (χ2n) is 8.22. The van der Waals surface area contributed by atoms with Crippen LogP contribution in [0, 0.1) is 5.92 Å². The van der Waals surface area contributed by atoms with Gasteiger partial charge in [-0.15, -0.1) is 0 Å².